The lowest BCUT2D eigenvalue weighted by molar-refractivity contribution is -0.154. The highest BCUT2D eigenvalue weighted by molar-refractivity contribution is 5.76. The number of hydroxylamine groups is 1. The topological polar surface area (TPSA) is 87.7 Å². The molecule has 6 heteroatoms. The van der Waals surface area contributed by atoms with Gasteiger partial charge in [0.2, 0.25) is 5.91 Å². The molecule has 1 aromatic carbocycles. The fourth-order valence-electron chi connectivity index (χ4n) is 4.67. The van der Waals surface area contributed by atoms with E-state index in [9.17, 15) is 9.59 Å². The van der Waals surface area contributed by atoms with Crippen molar-refractivity contribution in [3.05, 3.63) is 35.4 Å². The average molecular weight is 403 g/mol. The number of carbonyl (C=O) groups excluding carboxylic acids is 2. The lowest BCUT2D eigenvalue weighted by Gasteiger charge is -2.26. The van der Waals surface area contributed by atoms with Gasteiger partial charge in [0.05, 0.1) is 0 Å². The molecule has 0 heterocycles. The SMILES string of the molecule is CC(C)C[C@H](NCc1ccc(CCC(=O)NO)cc1)C(=O)OC1CC2CCC1C2. The minimum atomic E-state index is -0.388. The first-order valence-corrected chi connectivity index (χ1v) is 10.9. The minimum absolute atomic E-state index is 0.108. The van der Waals surface area contributed by atoms with E-state index in [4.69, 9.17) is 9.94 Å². The van der Waals surface area contributed by atoms with Crippen molar-refractivity contribution in [2.45, 2.75) is 77.5 Å². The predicted octanol–water partition coefficient (Wildman–Crippen LogP) is 3.36. The van der Waals surface area contributed by atoms with Crippen LogP contribution in [0.5, 0.6) is 0 Å². The van der Waals surface area contributed by atoms with Crippen molar-refractivity contribution >= 4 is 11.9 Å². The van der Waals surface area contributed by atoms with Gasteiger partial charge in [-0.3, -0.25) is 14.8 Å². The van der Waals surface area contributed by atoms with Gasteiger partial charge in [0, 0.05) is 13.0 Å². The van der Waals surface area contributed by atoms with Crippen molar-refractivity contribution in [3.63, 3.8) is 0 Å². The summed E-state index contributed by atoms with van der Waals surface area (Å²) >= 11 is 0. The zero-order chi connectivity index (χ0) is 20.8. The molecule has 3 N–H and O–H groups in total. The average Bonchev–Trinajstić information content (AvgIpc) is 3.33. The summed E-state index contributed by atoms with van der Waals surface area (Å²) < 4.78 is 5.92. The Kier molecular flexibility index (Phi) is 7.67. The number of aryl methyl sites for hydroxylation is 1. The zero-order valence-electron chi connectivity index (χ0n) is 17.5. The van der Waals surface area contributed by atoms with E-state index in [0.717, 1.165) is 29.9 Å². The Hall–Kier alpha value is -1.92. The normalized spacial score (nSPS) is 23.9. The molecular weight excluding hydrogens is 368 g/mol. The fraction of sp³-hybridized carbons (Fsp3) is 0.652. The number of carbonyl (C=O) groups is 2. The third-order valence-corrected chi connectivity index (χ3v) is 6.27. The summed E-state index contributed by atoms with van der Waals surface area (Å²) in [7, 11) is 0. The number of esters is 1. The van der Waals surface area contributed by atoms with E-state index < -0.39 is 0 Å². The number of rotatable bonds is 10. The summed E-state index contributed by atoms with van der Waals surface area (Å²) in [5.74, 6) is 1.24. The van der Waals surface area contributed by atoms with Crippen LogP contribution in [0.15, 0.2) is 24.3 Å². The molecule has 160 valence electrons. The van der Waals surface area contributed by atoms with E-state index >= 15 is 0 Å². The Balaban J connectivity index is 1.50. The van der Waals surface area contributed by atoms with Crippen LogP contribution in [-0.4, -0.2) is 29.2 Å². The Bertz CT molecular complexity index is 689. The lowest BCUT2D eigenvalue weighted by Crippen LogP contribution is -2.41. The standard InChI is InChI=1S/C23H34N2O4/c1-15(2)11-20(23(27)29-21-13-18-7-9-19(21)12-18)24-14-17-5-3-16(4-6-17)8-10-22(26)25-28/h3-6,15,18-21,24,28H,7-14H2,1-2H3,(H,25,26)/t18?,19?,20-,21?/m0/s1. The Labute approximate surface area is 173 Å². The molecule has 1 amide bonds. The van der Waals surface area contributed by atoms with Crippen molar-refractivity contribution in [2.75, 3.05) is 0 Å². The highest BCUT2D eigenvalue weighted by Crippen LogP contribution is 2.46. The van der Waals surface area contributed by atoms with Crippen molar-refractivity contribution < 1.29 is 19.5 Å². The van der Waals surface area contributed by atoms with Gasteiger partial charge < -0.3 is 10.1 Å². The van der Waals surface area contributed by atoms with Crippen LogP contribution in [0.25, 0.3) is 0 Å². The third-order valence-electron chi connectivity index (χ3n) is 6.27. The second kappa shape index (κ2) is 10.2. The largest absolute Gasteiger partial charge is 0.461 e. The Morgan fingerprint density at radius 2 is 1.86 bits per heavy atom. The molecule has 3 rings (SSSR count). The van der Waals surface area contributed by atoms with E-state index in [2.05, 4.69) is 19.2 Å². The molecule has 29 heavy (non-hydrogen) atoms. The van der Waals surface area contributed by atoms with Crippen molar-refractivity contribution in [1.29, 1.82) is 0 Å². The first-order chi connectivity index (χ1) is 13.9. The number of nitrogens with one attached hydrogen (secondary N) is 2. The second-order valence-electron chi connectivity index (χ2n) is 9.06. The third kappa shape index (κ3) is 6.28. The fourth-order valence-corrected chi connectivity index (χ4v) is 4.67. The quantitative estimate of drug-likeness (QED) is 0.317. The monoisotopic (exact) mass is 402 g/mol. The van der Waals surface area contributed by atoms with E-state index in [0.29, 0.717) is 24.8 Å². The van der Waals surface area contributed by atoms with E-state index in [-0.39, 0.29) is 30.4 Å². The van der Waals surface area contributed by atoms with E-state index in [1.54, 1.807) is 5.48 Å². The number of hydrogen-bond donors (Lipinski definition) is 3. The molecule has 2 bridgehead atoms. The van der Waals surface area contributed by atoms with Crippen LogP contribution in [0.3, 0.4) is 0 Å². The number of benzene rings is 1. The van der Waals surface area contributed by atoms with Gasteiger partial charge in [-0.2, -0.15) is 0 Å². The summed E-state index contributed by atoms with van der Waals surface area (Å²) in [6.45, 7) is 4.84. The molecule has 0 aromatic heterocycles. The number of fused-ring (bicyclic) bond motifs is 2. The maximum absolute atomic E-state index is 12.8. The summed E-state index contributed by atoms with van der Waals surface area (Å²) in [5.41, 5.74) is 3.77. The highest BCUT2D eigenvalue weighted by atomic mass is 16.5. The molecule has 0 aliphatic heterocycles. The second-order valence-corrected chi connectivity index (χ2v) is 9.06. The maximum atomic E-state index is 12.8. The zero-order valence-corrected chi connectivity index (χ0v) is 17.5. The van der Waals surface area contributed by atoms with E-state index in [1.165, 1.54) is 19.3 Å². The van der Waals surface area contributed by atoms with Crippen LogP contribution in [-0.2, 0) is 27.3 Å². The molecule has 2 aliphatic carbocycles. The molecule has 0 saturated heterocycles. The number of hydrogen-bond acceptors (Lipinski definition) is 5. The summed E-state index contributed by atoms with van der Waals surface area (Å²) in [4.78, 5) is 24.0. The van der Waals surface area contributed by atoms with Gasteiger partial charge in [-0.15, -0.1) is 0 Å². The summed E-state index contributed by atoms with van der Waals surface area (Å²) in [6.07, 6.45) is 6.48. The van der Waals surface area contributed by atoms with Crippen LogP contribution in [0.1, 0.15) is 63.5 Å². The van der Waals surface area contributed by atoms with Crippen molar-refractivity contribution in [2.24, 2.45) is 17.8 Å². The van der Waals surface area contributed by atoms with Crippen molar-refractivity contribution in [1.82, 2.24) is 10.8 Å². The Morgan fingerprint density at radius 3 is 2.45 bits per heavy atom. The van der Waals surface area contributed by atoms with Crippen LogP contribution >= 0.6 is 0 Å². The minimum Gasteiger partial charge on any atom is -0.461 e. The van der Waals surface area contributed by atoms with Gasteiger partial charge in [0.15, 0.2) is 0 Å². The first kappa shape index (κ1) is 21.8. The first-order valence-electron chi connectivity index (χ1n) is 10.9. The smallest absolute Gasteiger partial charge is 0.323 e. The molecule has 1 aromatic rings. The number of amides is 1. The van der Waals surface area contributed by atoms with Gasteiger partial charge in [-0.1, -0.05) is 38.1 Å². The molecule has 4 atom stereocenters. The van der Waals surface area contributed by atoms with Gasteiger partial charge in [-0.25, -0.2) is 5.48 Å². The van der Waals surface area contributed by atoms with E-state index in [1.807, 2.05) is 24.3 Å². The molecule has 2 fully saturated rings. The lowest BCUT2D eigenvalue weighted by atomic mass is 9.97. The molecule has 2 aliphatic rings. The van der Waals surface area contributed by atoms with Crippen LogP contribution in [0.4, 0.5) is 0 Å². The molecule has 3 unspecified atom stereocenters. The van der Waals surface area contributed by atoms with Crippen LogP contribution < -0.4 is 10.8 Å². The molecule has 0 spiro atoms. The highest BCUT2D eigenvalue weighted by Gasteiger charge is 2.42. The molecule has 0 radical (unpaired) electrons. The van der Waals surface area contributed by atoms with Crippen molar-refractivity contribution in [3.8, 4) is 0 Å². The van der Waals surface area contributed by atoms with Crippen LogP contribution in [0, 0.1) is 17.8 Å². The Morgan fingerprint density at radius 1 is 1.14 bits per heavy atom. The van der Waals surface area contributed by atoms with Gasteiger partial charge in [-0.05, 0) is 67.4 Å². The molecule has 6 nitrogen and oxygen atoms in total. The summed E-state index contributed by atoms with van der Waals surface area (Å²) in [5, 5.41) is 12.0. The van der Waals surface area contributed by atoms with Gasteiger partial charge in [0.25, 0.3) is 0 Å². The summed E-state index contributed by atoms with van der Waals surface area (Å²) in [6, 6.07) is 7.68. The molecular formula is C23H34N2O4. The molecule has 2 saturated carbocycles. The van der Waals surface area contributed by atoms with Crippen LogP contribution in [0.2, 0.25) is 0 Å². The van der Waals surface area contributed by atoms with Gasteiger partial charge >= 0.3 is 5.97 Å². The predicted molar refractivity (Wildman–Crippen MR) is 110 cm³/mol. The number of ether oxygens (including phenoxy) is 1. The maximum Gasteiger partial charge on any atom is 0.323 e. The van der Waals surface area contributed by atoms with Gasteiger partial charge in [0.1, 0.15) is 12.1 Å².